The Balaban J connectivity index is 2.26. The number of ether oxygens (including phenoxy) is 1. The molecule has 2 atom stereocenters. The Morgan fingerprint density at radius 2 is 2.00 bits per heavy atom. The average Bonchev–Trinajstić information content (AvgIpc) is 2.42. The van der Waals surface area contributed by atoms with E-state index in [9.17, 15) is 19.5 Å². The zero-order chi connectivity index (χ0) is 17.4. The number of aliphatic hydroxyl groups excluding tert-OH is 1. The van der Waals surface area contributed by atoms with Crippen LogP contribution in [0.3, 0.4) is 0 Å². The smallest absolute Gasteiger partial charge is 0.328 e. The number of carboxylic acid groups (broad SMARTS) is 1. The predicted octanol–water partition coefficient (Wildman–Crippen LogP) is 0.994. The molecular weight excluding hydrogens is 302 g/mol. The van der Waals surface area contributed by atoms with Crippen LogP contribution in [0.25, 0.3) is 0 Å². The highest BCUT2D eigenvalue weighted by Crippen LogP contribution is 2.33. The number of carbonyl (C=O) groups is 3. The lowest BCUT2D eigenvalue weighted by molar-refractivity contribution is -0.141. The second kappa shape index (κ2) is 6.00. The quantitative estimate of drug-likeness (QED) is 0.762. The van der Waals surface area contributed by atoms with Crippen molar-refractivity contribution in [1.29, 1.82) is 0 Å². The van der Waals surface area contributed by atoms with Crippen LogP contribution in [-0.4, -0.2) is 45.6 Å². The number of carboxylic acids is 1. The molecule has 7 nitrogen and oxygen atoms in total. The maximum atomic E-state index is 12.2. The predicted molar refractivity (Wildman–Crippen MR) is 80.7 cm³/mol. The molecule has 1 aliphatic rings. The molecule has 0 aliphatic carbocycles. The van der Waals surface area contributed by atoms with Crippen LogP contribution in [0, 0.1) is 0 Å². The summed E-state index contributed by atoms with van der Waals surface area (Å²) < 4.78 is 5.70. The van der Waals surface area contributed by atoms with Gasteiger partial charge in [0.15, 0.2) is 11.8 Å². The molecule has 3 N–H and O–H groups in total. The van der Waals surface area contributed by atoms with E-state index in [0.717, 1.165) is 0 Å². The Kier molecular flexibility index (Phi) is 4.42. The number of hydrogen-bond donors (Lipinski definition) is 3. The van der Waals surface area contributed by atoms with Gasteiger partial charge < -0.3 is 20.3 Å². The van der Waals surface area contributed by atoms with Crippen LogP contribution in [0.15, 0.2) is 18.2 Å². The third-order valence-corrected chi connectivity index (χ3v) is 3.55. The Hall–Kier alpha value is -2.41. The Morgan fingerprint density at radius 1 is 1.35 bits per heavy atom. The number of nitrogens with one attached hydrogen (secondary N) is 1. The first kappa shape index (κ1) is 17.0. The first-order chi connectivity index (χ1) is 10.6. The van der Waals surface area contributed by atoms with Crippen molar-refractivity contribution in [2.75, 3.05) is 0 Å². The summed E-state index contributed by atoms with van der Waals surface area (Å²) in [6, 6.07) is 2.91. The summed E-state index contributed by atoms with van der Waals surface area (Å²) in [5, 5.41) is 20.6. The van der Waals surface area contributed by atoms with Gasteiger partial charge in [0.05, 0.1) is 18.1 Å². The van der Waals surface area contributed by atoms with Crippen LogP contribution >= 0.6 is 0 Å². The molecule has 1 amide bonds. The zero-order valence-electron chi connectivity index (χ0n) is 13.1. The fraction of sp³-hybridized carbons (Fsp3) is 0.438. The van der Waals surface area contributed by atoms with E-state index < -0.39 is 29.6 Å². The average molecular weight is 321 g/mol. The second-order valence-corrected chi connectivity index (χ2v) is 6.20. The van der Waals surface area contributed by atoms with Crippen LogP contribution in [0.2, 0.25) is 0 Å². The van der Waals surface area contributed by atoms with Gasteiger partial charge in [-0.25, -0.2) is 4.79 Å². The van der Waals surface area contributed by atoms with Gasteiger partial charge in [0.25, 0.3) is 5.91 Å². The fourth-order valence-corrected chi connectivity index (χ4v) is 2.41. The maximum absolute atomic E-state index is 12.2. The molecule has 2 unspecified atom stereocenters. The van der Waals surface area contributed by atoms with Crippen LogP contribution < -0.4 is 10.1 Å². The number of amides is 1. The van der Waals surface area contributed by atoms with E-state index >= 15 is 0 Å². The van der Waals surface area contributed by atoms with E-state index in [1.165, 1.54) is 25.1 Å². The zero-order valence-corrected chi connectivity index (χ0v) is 13.1. The summed E-state index contributed by atoms with van der Waals surface area (Å²) in [7, 11) is 0. The molecule has 0 spiro atoms. The van der Waals surface area contributed by atoms with Crippen molar-refractivity contribution in [1.82, 2.24) is 5.32 Å². The molecule has 1 heterocycles. The summed E-state index contributed by atoms with van der Waals surface area (Å²) in [4.78, 5) is 35.3. The molecule has 23 heavy (non-hydrogen) atoms. The molecule has 124 valence electrons. The molecule has 1 aromatic rings. The molecule has 0 radical (unpaired) electrons. The normalized spacial score (nSPS) is 18.3. The van der Waals surface area contributed by atoms with Crippen molar-refractivity contribution >= 4 is 17.7 Å². The van der Waals surface area contributed by atoms with Crippen LogP contribution in [0.1, 0.15) is 47.9 Å². The highest BCUT2D eigenvalue weighted by molar-refractivity contribution is 6.04. The first-order valence-electron chi connectivity index (χ1n) is 7.19. The Labute approximate surface area is 133 Å². The van der Waals surface area contributed by atoms with Gasteiger partial charge in [-0.15, -0.1) is 0 Å². The lowest BCUT2D eigenvalue weighted by Crippen LogP contribution is -2.47. The van der Waals surface area contributed by atoms with Crippen molar-refractivity contribution in [3.05, 3.63) is 29.3 Å². The number of rotatable bonds is 4. The van der Waals surface area contributed by atoms with Crippen molar-refractivity contribution in [3.8, 4) is 5.75 Å². The second-order valence-electron chi connectivity index (χ2n) is 6.20. The van der Waals surface area contributed by atoms with E-state index in [2.05, 4.69) is 5.32 Å². The maximum Gasteiger partial charge on any atom is 0.328 e. The molecule has 0 bridgehead atoms. The molecule has 0 saturated carbocycles. The van der Waals surface area contributed by atoms with Gasteiger partial charge in [0.1, 0.15) is 11.4 Å². The molecule has 0 saturated heterocycles. The number of Topliss-reactive ketones (excluding diaryl/α,β-unsaturated/α-hetero) is 1. The van der Waals surface area contributed by atoms with Gasteiger partial charge in [0, 0.05) is 5.56 Å². The molecular formula is C16H19NO6. The number of ketones is 1. The number of hydrogen-bond acceptors (Lipinski definition) is 5. The van der Waals surface area contributed by atoms with E-state index in [-0.39, 0.29) is 17.8 Å². The van der Waals surface area contributed by atoms with E-state index in [0.29, 0.717) is 11.3 Å². The van der Waals surface area contributed by atoms with Crippen molar-refractivity contribution < 1.29 is 29.3 Å². The summed E-state index contributed by atoms with van der Waals surface area (Å²) in [5.74, 6) is -1.77. The van der Waals surface area contributed by atoms with E-state index in [1.807, 2.05) is 0 Å². The van der Waals surface area contributed by atoms with Gasteiger partial charge in [-0.1, -0.05) is 0 Å². The number of aliphatic carboxylic acids is 1. The van der Waals surface area contributed by atoms with Crippen LogP contribution in [0.5, 0.6) is 5.75 Å². The summed E-state index contributed by atoms with van der Waals surface area (Å²) >= 11 is 0. The molecule has 2 rings (SSSR count). The van der Waals surface area contributed by atoms with Gasteiger partial charge in [-0.2, -0.15) is 0 Å². The van der Waals surface area contributed by atoms with E-state index in [1.54, 1.807) is 13.8 Å². The van der Waals surface area contributed by atoms with Crippen LogP contribution in [-0.2, 0) is 4.79 Å². The standard InChI is InChI=1S/C16H19NO6/c1-8(18)13(15(21)22)17-14(20)9-4-5-12-10(6-9)11(19)7-16(2,3)23-12/h4-6,8,13,18H,7H2,1-3H3,(H,17,20)(H,21,22). The summed E-state index contributed by atoms with van der Waals surface area (Å²) in [6.07, 6.45) is -1.06. The minimum Gasteiger partial charge on any atom is -0.487 e. The third-order valence-electron chi connectivity index (χ3n) is 3.55. The minimum atomic E-state index is -1.43. The largest absolute Gasteiger partial charge is 0.487 e. The highest BCUT2D eigenvalue weighted by Gasteiger charge is 2.33. The summed E-state index contributed by atoms with van der Waals surface area (Å²) in [6.45, 7) is 4.87. The van der Waals surface area contributed by atoms with Gasteiger partial charge in [0.2, 0.25) is 0 Å². The first-order valence-corrected chi connectivity index (χ1v) is 7.19. The van der Waals surface area contributed by atoms with Crippen molar-refractivity contribution in [3.63, 3.8) is 0 Å². The number of aliphatic hydroxyl groups is 1. The molecule has 0 aromatic heterocycles. The van der Waals surface area contributed by atoms with Gasteiger partial charge in [-0.3, -0.25) is 9.59 Å². The number of benzene rings is 1. The topological polar surface area (TPSA) is 113 Å². The minimum absolute atomic E-state index is 0.132. The lowest BCUT2D eigenvalue weighted by Gasteiger charge is -2.31. The molecule has 7 heteroatoms. The Morgan fingerprint density at radius 3 is 2.57 bits per heavy atom. The third kappa shape index (κ3) is 3.68. The number of carbonyl (C=O) groups excluding carboxylic acids is 2. The SMILES string of the molecule is CC(O)C(NC(=O)c1ccc2c(c1)C(=O)CC(C)(C)O2)C(=O)O. The fourth-order valence-electron chi connectivity index (χ4n) is 2.41. The summed E-state index contributed by atoms with van der Waals surface area (Å²) in [5.41, 5.74) is -0.178. The van der Waals surface area contributed by atoms with Crippen LogP contribution in [0.4, 0.5) is 0 Å². The number of fused-ring (bicyclic) bond motifs is 1. The van der Waals surface area contributed by atoms with Gasteiger partial charge in [-0.05, 0) is 39.0 Å². The molecule has 0 fully saturated rings. The van der Waals surface area contributed by atoms with Crippen molar-refractivity contribution in [2.24, 2.45) is 0 Å². The van der Waals surface area contributed by atoms with E-state index in [4.69, 9.17) is 9.84 Å². The van der Waals surface area contributed by atoms with Crippen molar-refractivity contribution in [2.45, 2.75) is 44.9 Å². The monoisotopic (exact) mass is 321 g/mol. The van der Waals surface area contributed by atoms with Gasteiger partial charge >= 0.3 is 5.97 Å². The Bertz CT molecular complexity index is 665. The highest BCUT2D eigenvalue weighted by atomic mass is 16.5. The lowest BCUT2D eigenvalue weighted by atomic mass is 9.92. The molecule has 1 aliphatic heterocycles. The molecule has 1 aromatic carbocycles.